The van der Waals surface area contributed by atoms with Crippen LogP contribution in [-0.2, 0) is 12.6 Å². The van der Waals surface area contributed by atoms with Gasteiger partial charge in [-0.1, -0.05) is 36.4 Å². The van der Waals surface area contributed by atoms with E-state index in [9.17, 15) is 18.3 Å². The van der Waals surface area contributed by atoms with Crippen LogP contribution in [0.4, 0.5) is 13.2 Å². The van der Waals surface area contributed by atoms with Gasteiger partial charge < -0.3 is 5.11 Å². The van der Waals surface area contributed by atoms with E-state index >= 15 is 0 Å². The first-order chi connectivity index (χ1) is 8.88. The molecule has 0 radical (unpaired) electrons. The lowest BCUT2D eigenvalue weighted by atomic mass is 9.99. The summed E-state index contributed by atoms with van der Waals surface area (Å²) < 4.78 is 38.4. The molecule has 0 amide bonds. The average Bonchev–Trinajstić information content (AvgIpc) is 2.33. The summed E-state index contributed by atoms with van der Waals surface area (Å²) in [5, 5.41) is 9.50. The lowest BCUT2D eigenvalue weighted by molar-refractivity contribution is -0.138. The van der Waals surface area contributed by atoms with E-state index in [2.05, 4.69) is 0 Å². The van der Waals surface area contributed by atoms with Gasteiger partial charge in [0.25, 0.3) is 0 Å². The average molecular weight is 266 g/mol. The third-order valence-electron chi connectivity index (χ3n) is 2.92. The molecule has 100 valence electrons. The summed E-state index contributed by atoms with van der Waals surface area (Å²) in [5.74, 6) is -0.690. The van der Waals surface area contributed by atoms with Crippen molar-refractivity contribution in [3.05, 3.63) is 64.7 Å². The quantitative estimate of drug-likeness (QED) is 0.858. The van der Waals surface area contributed by atoms with E-state index in [1.165, 1.54) is 6.92 Å². The molecule has 2 aromatic carbocycles. The molecular weight excluding hydrogens is 253 g/mol. The highest BCUT2D eigenvalue weighted by molar-refractivity contribution is 5.45. The second-order valence-corrected chi connectivity index (χ2v) is 4.47. The van der Waals surface area contributed by atoms with Gasteiger partial charge in [0.2, 0.25) is 0 Å². The molecule has 0 fully saturated rings. The molecule has 2 aromatic rings. The van der Waals surface area contributed by atoms with Crippen molar-refractivity contribution in [2.45, 2.75) is 19.5 Å². The number of phenols is 1. The van der Waals surface area contributed by atoms with Crippen molar-refractivity contribution in [3.63, 3.8) is 0 Å². The molecule has 2 rings (SSSR count). The minimum absolute atomic E-state index is 0.237. The molecule has 0 heterocycles. The van der Waals surface area contributed by atoms with Gasteiger partial charge in [-0.15, -0.1) is 0 Å². The first kappa shape index (κ1) is 13.5. The van der Waals surface area contributed by atoms with E-state index in [4.69, 9.17) is 0 Å². The van der Waals surface area contributed by atoms with E-state index < -0.39 is 17.5 Å². The summed E-state index contributed by atoms with van der Waals surface area (Å²) in [7, 11) is 0. The van der Waals surface area contributed by atoms with Gasteiger partial charge in [0.1, 0.15) is 5.75 Å². The zero-order chi connectivity index (χ0) is 14.0. The zero-order valence-electron chi connectivity index (χ0n) is 10.3. The monoisotopic (exact) mass is 266 g/mol. The topological polar surface area (TPSA) is 20.2 Å². The molecule has 19 heavy (non-hydrogen) atoms. The van der Waals surface area contributed by atoms with Gasteiger partial charge in [-0.2, -0.15) is 13.2 Å². The molecule has 0 aliphatic rings. The highest BCUT2D eigenvalue weighted by Crippen LogP contribution is 2.38. The Kier molecular flexibility index (Phi) is 3.51. The molecule has 0 aromatic heterocycles. The molecule has 0 saturated heterocycles. The van der Waals surface area contributed by atoms with Crippen molar-refractivity contribution in [1.29, 1.82) is 0 Å². The normalized spacial score (nSPS) is 11.6. The van der Waals surface area contributed by atoms with Crippen molar-refractivity contribution < 1.29 is 18.3 Å². The van der Waals surface area contributed by atoms with Crippen LogP contribution in [0.1, 0.15) is 22.3 Å². The predicted molar refractivity (Wildman–Crippen MR) is 67.1 cm³/mol. The first-order valence-electron chi connectivity index (χ1n) is 5.81. The number of benzene rings is 2. The fraction of sp³-hybridized carbons (Fsp3) is 0.200. The molecule has 0 aliphatic carbocycles. The second kappa shape index (κ2) is 4.96. The molecule has 0 unspecified atom stereocenters. The highest BCUT2D eigenvalue weighted by atomic mass is 19.4. The summed E-state index contributed by atoms with van der Waals surface area (Å²) in [6, 6.07) is 11.8. The number of rotatable bonds is 2. The summed E-state index contributed by atoms with van der Waals surface area (Å²) in [5.41, 5.74) is 0.730. The van der Waals surface area contributed by atoms with Crippen molar-refractivity contribution in [1.82, 2.24) is 0 Å². The Morgan fingerprint density at radius 1 is 1.00 bits per heavy atom. The van der Waals surface area contributed by atoms with E-state index in [1.54, 1.807) is 6.07 Å². The van der Waals surface area contributed by atoms with Gasteiger partial charge >= 0.3 is 6.18 Å². The SMILES string of the molecule is Cc1cc(Cc2ccccc2)cc(C(F)(F)F)c1O. The summed E-state index contributed by atoms with van der Waals surface area (Å²) in [6.45, 7) is 1.47. The molecule has 4 heteroatoms. The Labute approximate surface area is 109 Å². The minimum Gasteiger partial charge on any atom is -0.507 e. The first-order valence-corrected chi connectivity index (χ1v) is 5.81. The largest absolute Gasteiger partial charge is 0.507 e. The molecule has 0 bridgehead atoms. The standard InChI is InChI=1S/C15H13F3O/c1-10-7-12(8-11-5-3-2-4-6-11)9-13(14(10)19)15(16,17)18/h2-7,9,19H,8H2,1H3. The Morgan fingerprint density at radius 3 is 2.21 bits per heavy atom. The van der Waals surface area contributed by atoms with Crippen LogP contribution in [0.5, 0.6) is 5.75 Å². The Bertz CT molecular complexity index is 574. The minimum atomic E-state index is -4.54. The molecule has 0 saturated carbocycles. The molecule has 0 spiro atoms. The van der Waals surface area contributed by atoms with Crippen LogP contribution in [0.15, 0.2) is 42.5 Å². The van der Waals surface area contributed by atoms with E-state index in [0.29, 0.717) is 12.0 Å². The molecule has 0 atom stereocenters. The van der Waals surface area contributed by atoms with Crippen LogP contribution in [0.25, 0.3) is 0 Å². The Hall–Kier alpha value is -1.97. The number of hydrogen-bond acceptors (Lipinski definition) is 1. The van der Waals surface area contributed by atoms with Gasteiger partial charge in [-0.25, -0.2) is 0 Å². The summed E-state index contributed by atoms with van der Waals surface area (Å²) in [4.78, 5) is 0. The van der Waals surface area contributed by atoms with E-state index in [0.717, 1.165) is 11.6 Å². The fourth-order valence-electron chi connectivity index (χ4n) is 2.00. The third kappa shape index (κ3) is 3.08. The maximum atomic E-state index is 12.8. The van der Waals surface area contributed by atoms with Gasteiger partial charge in [-0.05, 0) is 36.1 Å². The lowest BCUT2D eigenvalue weighted by Gasteiger charge is -2.13. The maximum Gasteiger partial charge on any atom is 0.419 e. The number of halogens is 3. The van der Waals surface area contributed by atoms with Gasteiger partial charge in [-0.3, -0.25) is 0 Å². The van der Waals surface area contributed by atoms with Crippen molar-refractivity contribution >= 4 is 0 Å². The van der Waals surface area contributed by atoms with Gasteiger partial charge in [0.15, 0.2) is 0 Å². The van der Waals surface area contributed by atoms with Crippen molar-refractivity contribution in [3.8, 4) is 5.75 Å². The Morgan fingerprint density at radius 2 is 1.63 bits per heavy atom. The number of phenolic OH excluding ortho intramolecular Hbond substituents is 1. The van der Waals surface area contributed by atoms with Gasteiger partial charge in [0.05, 0.1) is 5.56 Å². The van der Waals surface area contributed by atoms with Crippen LogP contribution in [-0.4, -0.2) is 5.11 Å². The second-order valence-electron chi connectivity index (χ2n) is 4.47. The number of alkyl halides is 3. The number of hydrogen-bond donors (Lipinski definition) is 1. The Balaban J connectivity index is 2.40. The van der Waals surface area contributed by atoms with Crippen LogP contribution < -0.4 is 0 Å². The molecule has 1 nitrogen and oxygen atoms in total. The van der Waals surface area contributed by atoms with Crippen LogP contribution >= 0.6 is 0 Å². The summed E-state index contributed by atoms with van der Waals surface area (Å²) >= 11 is 0. The smallest absolute Gasteiger partial charge is 0.419 e. The molecule has 1 N–H and O–H groups in total. The van der Waals surface area contributed by atoms with E-state index in [-0.39, 0.29) is 5.56 Å². The predicted octanol–water partition coefficient (Wildman–Crippen LogP) is 4.31. The van der Waals surface area contributed by atoms with Crippen LogP contribution in [0.2, 0.25) is 0 Å². The highest BCUT2D eigenvalue weighted by Gasteiger charge is 2.34. The lowest BCUT2D eigenvalue weighted by Crippen LogP contribution is -2.07. The van der Waals surface area contributed by atoms with Gasteiger partial charge in [0, 0.05) is 0 Å². The van der Waals surface area contributed by atoms with Crippen LogP contribution in [0.3, 0.4) is 0 Å². The summed E-state index contributed by atoms with van der Waals surface area (Å²) in [6.07, 6.45) is -4.13. The number of aromatic hydroxyl groups is 1. The molecular formula is C15H13F3O. The molecule has 0 aliphatic heterocycles. The zero-order valence-corrected chi connectivity index (χ0v) is 10.3. The third-order valence-corrected chi connectivity index (χ3v) is 2.92. The van der Waals surface area contributed by atoms with Crippen molar-refractivity contribution in [2.24, 2.45) is 0 Å². The fourth-order valence-corrected chi connectivity index (χ4v) is 2.00. The van der Waals surface area contributed by atoms with Crippen LogP contribution in [0, 0.1) is 6.92 Å². The van der Waals surface area contributed by atoms with E-state index in [1.807, 2.05) is 30.3 Å². The van der Waals surface area contributed by atoms with Crippen molar-refractivity contribution in [2.75, 3.05) is 0 Å². The number of aryl methyl sites for hydroxylation is 1. The maximum absolute atomic E-state index is 12.8.